The van der Waals surface area contributed by atoms with Crippen molar-refractivity contribution in [3.8, 4) is 10.6 Å². The average Bonchev–Trinajstić information content (AvgIpc) is 3.35. The molecule has 0 radical (unpaired) electrons. The van der Waals surface area contributed by atoms with Gasteiger partial charge in [-0.3, -0.25) is 0 Å². The van der Waals surface area contributed by atoms with Gasteiger partial charge in [0.25, 0.3) is 0 Å². The van der Waals surface area contributed by atoms with Crippen molar-refractivity contribution in [3.63, 3.8) is 0 Å². The zero-order chi connectivity index (χ0) is 20.9. The molecule has 3 rings (SSSR count). The van der Waals surface area contributed by atoms with E-state index in [4.69, 9.17) is 9.26 Å². The molecule has 2 aromatic heterocycles. The van der Waals surface area contributed by atoms with Gasteiger partial charge < -0.3 is 14.2 Å². The van der Waals surface area contributed by atoms with E-state index in [2.05, 4.69) is 21.7 Å². The lowest BCUT2D eigenvalue weighted by Gasteiger charge is -2.30. The molecule has 10 heteroatoms. The van der Waals surface area contributed by atoms with E-state index in [1.54, 1.807) is 13.0 Å². The molecule has 160 valence electrons. The number of sulfonamides is 1. The van der Waals surface area contributed by atoms with Crippen molar-refractivity contribution in [1.29, 1.82) is 0 Å². The molecule has 0 aliphatic carbocycles. The van der Waals surface area contributed by atoms with E-state index >= 15 is 0 Å². The second-order valence-electron chi connectivity index (χ2n) is 7.21. The summed E-state index contributed by atoms with van der Waals surface area (Å²) in [6, 6.07) is 4.62. The Labute approximate surface area is 175 Å². The first-order chi connectivity index (χ1) is 13.9. The molecule has 1 saturated heterocycles. The van der Waals surface area contributed by atoms with Crippen LogP contribution in [-0.4, -0.2) is 57.2 Å². The Hall–Kier alpha value is -1.75. The third-order valence-electron chi connectivity index (χ3n) is 4.77. The predicted octanol–water partition coefficient (Wildman–Crippen LogP) is 2.98. The van der Waals surface area contributed by atoms with Gasteiger partial charge in [-0.15, -0.1) is 11.3 Å². The maximum absolute atomic E-state index is 12.5. The van der Waals surface area contributed by atoms with Gasteiger partial charge in [-0.1, -0.05) is 12.1 Å². The van der Waals surface area contributed by atoms with Crippen LogP contribution >= 0.6 is 11.3 Å². The van der Waals surface area contributed by atoms with Crippen LogP contribution in [0, 0.1) is 5.92 Å². The van der Waals surface area contributed by atoms with E-state index in [1.165, 1.54) is 25.0 Å². The van der Waals surface area contributed by atoms with Crippen molar-refractivity contribution in [2.24, 2.45) is 5.92 Å². The Morgan fingerprint density at radius 1 is 1.45 bits per heavy atom. The fourth-order valence-electron chi connectivity index (χ4n) is 3.36. The van der Waals surface area contributed by atoms with E-state index in [9.17, 15) is 13.2 Å². The molecule has 1 aliphatic rings. The number of nitrogens with zero attached hydrogens (tertiary/aromatic N) is 2. The lowest BCUT2D eigenvalue weighted by atomic mass is 10.0. The number of piperidine rings is 1. The van der Waals surface area contributed by atoms with E-state index in [-0.39, 0.29) is 16.5 Å². The number of esters is 1. The summed E-state index contributed by atoms with van der Waals surface area (Å²) >= 11 is 1.07. The Kier molecular flexibility index (Phi) is 7.44. The zero-order valence-electron chi connectivity index (χ0n) is 16.7. The maximum atomic E-state index is 12.5. The number of aromatic nitrogens is 1. The van der Waals surface area contributed by atoms with Crippen LogP contribution in [0.25, 0.3) is 10.6 Å². The number of carbonyl (C=O) groups excluding carboxylic acids is 1. The largest absolute Gasteiger partial charge is 0.461 e. The lowest BCUT2D eigenvalue weighted by molar-refractivity contribution is 0.0514. The van der Waals surface area contributed by atoms with Crippen LogP contribution < -0.4 is 4.72 Å². The zero-order valence-corrected chi connectivity index (χ0v) is 18.4. The number of hydrogen-bond donors (Lipinski definition) is 1. The van der Waals surface area contributed by atoms with Crippen LogP contribution in [0.2, 0.25) is 0 Å². The summed E-state index contributed by atoms with van der Waals surface area (Å²) in [6.45, 7) is 7.68. The van der Waals surface area contributed by atoms with Crippen molar-refractivity contribution in [1.82, 2.24) is 14.8 Å². The summed E-state index contributed by atoms with van der Waals surface area (Å²) in [6.07, 6.45) is 3.26. The van der Waals surface area contributed by atoms with Crippen LogP contribution in [0.3, 0.4) is 0 Å². The van der Waals surface area contributed by atoms with Gasteiger partial charge in [-0.2, -0.15) is 0 Å². The Morgan fingerprint density at radius 2 is 2.28 bits per heavy atom. The molecular formula is C19H27N3O5S2. The third-order valence-corrected chi connectivity index (χ3v) is 7.82. The predicted molar refractivity (Wildman–Crippen MR) is 110 cm³/mol. The maximum Gasteiger partial charge on any atom is 0.360 e. The van der Waals surface area contributed by atoms with Crippen molar-refractivity contribution in [3.05, 3.63) is 23.9 Å². The van der Waals surface area contributed by atoms with Gasteiger partial charge in [0.2, 0.25) is 10.0 Å². The molecule has 1 unspecified atom stereocenters. The number of thiophene rings is 1. The Bertz CT molecular complexity index is 922. The van der Waals surface area contributed by atoms with Crippen molar-refractivity contribution in [2.75, 3.05) is 32.8 Å². The lowest BCUT2D eigenvalue weighted by Crippen LogP contribution is -2.36. The van der Waals surface area contributed by atoms with Gasteiger partial charge in [0.1, 0.15) is 4.21 Å². The van der Waals surface area contributed by atoms with Gasteiger partial charge >= 0.3 is 5.97 Å². The third kappa shape index (κ3) is 5.88. The molecule has 1 aliphatic heterocycles. The highest BCUT2D eigenvalue weighted by Crippen LogP contribution is 2.31. The van der Waals surface area contributed by atoms with Crippen LogP contribution in [0.5, 0.6) is 0 Å². The Morgan fingerprint density at radius 3 is 3.03 bits per heavy atom. The summed E-state index contributed by atoms with van der Waals surface area (Å²) < 4.78 is 38.0. The molecule has 0 saturated carbocycles. The molecule has 0 amide bonds. The molecule has 3 heterocycles. The fraction of sp³-hybridized carbons (Fsp3) is 0.579. The number of nitrogens with one attached hydrogen (secondary N) is 1. The normalized spacial score (nSPS) is 18.1. The van der Waals surface area contributed by atoms with Gasteiger partial charge in [0, 0.05) is 19.2 Å². The number of ether oxygens (including phenoxy) is 1. The first-order valence-corrected chi connectivity index (χ1v) is 12.1. The summed E-state index contributed by atoms with van der Waals surface area (Å²) in [7, 11) is -3.58. The van der Waals surface area contributed by atoms with Gasteiger partial charge in [0.15, 0.2) is 11.5 Å². The summed E-state index contributed by atoms with van der Waals surface area (Å²) in [4.78, 5) is 14.7. The molecule has 1 atom stereocenters. The van der Waals surface area contributed by atoms with Gasteiger partial charge in [-0.25, -0.2) is 17.9 Å². The molecule has 1 N–H and O–H groups in total. The van der Waals surface area contributed by atoms with Gasteiger partial charge in [0.05, 0.1) is 11.5 Å². The first kappa shape index (κ1) is 21.9. The smallest absolute Gasteiger partial charge is 0.360 e. The minimum absolute atomic E-state index is 0.0600. The number of likely N-dealkylation sites (tertiary alicyclic amines) is 1. The van der Waals surface area contributed by atoms with E-state index < -0.39 is 16.0 Å². The van der Waals surface area contributed by atoms with Crippen LogP contribution in [-0.2, 0) is 14.8 Å². The molecule has 0 spiro atoms. The highest BCUT2D eigenvalue weighted by molar-refractivity contribution is 7.91. The average molecular weight is 442 g/mol. The second kappa shape index (κ2) is 9.84. The standard InChI is InChI=1S/C19H27N3O5S2/c1-3-26-19(23)15-12-16(27-21-15)17-7-8-18(28-17)29(24,25)20-9-5-11-22-10-4-6-14(2)13-22/h7-8,12,14,20H,3-6,9-11,13H2,1-2H3. The molecule has 0 aromatic carbocycles. The van der Waals surface area contributed by atoms with E-state index in [1.807, 2.05) is 0 Å². The van der Waals surface area contributed by atoms with Crippen LogP contribution in [0.15, 0.2) is 26.9 Å². The first-order valence-electron chi connectivity index (χ1n) is 9.85. The van der Waals surface area contributed by atoms with Crippen LogP contribution in [0.4, 0.5) is 0 Å². The summed E-state index contributed by atoms with van der Waals surface area (Å²) in [5.41, 5.74) is 0.0600. The minimum atomic E-state index is -3.58. The fourth-order valence-corrected chi connectivity index (χ4v) is 5.73. The molecular weight excluding hydrogens is 414 g/mol. The minimum Gasteiger partial charge on any atom is -0.461 e. The van der Waals surface area contributed by atoms with Crippen LogP contribution in [0.1, 0.15) is 43.6 Å². The number of rotatable bonds is 9. The Balaban J connectivity index is 1.54. The van der Waals surface area contributed by atoms with E-state index in [0.29, 0.717) is 23.1 Å². The highest BCUT2D eigenvalue weighted by Gasteiger charge is 2.21. The second-order valence-corrected chi connectivity index (χ2v) is 10.3. The number of hydrogen-bond acceptors (Lipinski definition) is 8. The van der Waals surface area contributed by atoms with Gasteiger partial charge in [-0.05, 0) is 57.3 Å². The summed E-state index contributed by atoms with van der Waals surface area (Å²) in [5.74, 6) is 0.473. The van der Waals surface area contributed by atoms with E-state index in [0.717, 1.165) is 37.4 Å². The number of carbonyl (C=O) groups is 1. The molecule has 0 bridgehead atoms. The quantitative estimate of drug-likeness (QED) is 0.471. The molecule has 1 fully saturated rings. The molecule has 29 heavy (non-hydrogen) atoms. The summed E-state index contributed by atoms with van der Waals surface area (Å²) in [5, 5.41) is 3.68. The molecule has 2 aromatic rings. The SMILES string of the molecule is CCOC(=O)c1cc(-c2ccc(S(=O)(=O)NCCCN3CCCC(C)C3)s2)on1. The van der Waals surface area contributed by atoms with Crippen molar-refractivity contribution < 1.29 is 22.5 Å². The monoisotopic (exact) mass is 441 g/mol. The molecule has 8 nitrogen and oxygen atoms in total. The van der Waals surface area contributed by atoms with Crippen molar-refractivity contribution >= 4 is 27.3 Å². The highest BCUT2D eigenvalue weighted by atomic mass is 32.2. The van der Waals surface area contributed by atoms with Crippen molar-refractivity contribution in [2.45, 2.75) is 37.3 Å². The topological polar surface area (TPSA) is 102 Å².